The first-order valence-corrected chi connectivity index (χ1v) is 13.4. The molecule has 3 aromatic rings. The molecule has 0 unspecified atom stereocenters. The third kappa shape index (κ3) is 7.19. The molecule has 4 rings (SSSR count). The first-order chi connectivity index (χ1) is 19.3. The molecule has 222 valence electrons. The molecule has 41 heavy (non-hydrogen) atoms. The molecule has 3 aromatic carbocycles. The fourth-order valence-corrected chi connectivity index (χ4v) is 5.46. The van der Waals surface area contributed by atoms with Crippen LogP contribution < -0.4 is 4.74 Å². The lowest BCUT2D eigenvalue weighted by Gasteiger charge is -2.33. The number of ether oxygens (including phenoxy) is 1. The molecule has 0 atom stereocenters. The molecule has 1 aliphatic rings. The highest BCUT2D eigenvalue weighted by atomic mass is 19.3. The van der Waals surface area contributed by atoms with Crippen molar-refractivity contribution in [3.63, 3.8) is 0 Å². The fourth-order valence-electron chi connectivity index (χ4n) is 5.46. The van der Waals surface area contributed by atoms with Crippen LogP contribution in [0.1, 0.15) is 51.0 Å². The summed E-state index contributed by atoms with van der Waals surface area (Å²) in [7, 11) is 0. The second-order valence-corrected chi connectivity index (χ2v) is 10.6. The van der Waals surface area contributed by atoms with E-state index in [-0.39, 0.29) is 11.1 Å². The summed E-state index contributed by atoms with van der Waals surface area (Å²) in [6.07, 6.45) is -4.92. The Bertz CT molecular complexity index is 1310. The number of alkyl halides is 6. The van der Waals surface area contributed by atoms with Gasteiger partial charge in [0.1, 0.15) is 11.6 Å². The van der Waals surface area contributed by atoms with Gasteiger partial charge in [0.15, 0.2) is 11.6 Å². The smallest absolute Gasteiger partial charge is 0.425 e. The van der Waals surface area contributed by atoms with Crippen molar-refractivity contribution in [2.45, 2.75) is 70.3 Å². The second kappa shape index (κ2) is 12.4. The molecule has 0 aromatic heterocycles. The highest BCUT2D eigenvalue weighted by molar-refractivity contribution is 5.72. The largest absolute Gasteiger partial charge is 0.461 e. The number of benzene rings is 3. The summed E-state index contributed by atoms with van der Waals surface area (Å²) in [5.41, 5.74) is -0.219. The quantitative estimate of drug-likeness (QED) is 0.214. The molecular formula is C31H29F9O. The molecule has 1 saturated carbocycles. The zero-order valence-corrected chi connectivity index (χ0v) is 22.2. The molecule has 1 aliphatic carbocycles. The van der Waals surface area contributed by atoms with Crippen LogP contribution in [0.25, 0.3) is 22.3 Å². The zero-order valence-electron chi connectivity index (χ0n) is 22.2. The van der Waals surface area contributed by atoms with E-state index in [0.717, 1.165) is 43.9 Å². The van der Waals surface area contributed by atoms with Crippen LogP contribution in [0.5, 0.6) is 5.75 Å². The van der Waals surface area contributed by atoms with Crippen molar-refractivity contribution in [1.29, 1.82) is 0 Å². The van der Waals surface area contributed by atoms with E-state index in [4.69, 9.17) is 0 Å². The van der Waals surface area contributed by atoms with Crippen LogP contribution in [0.2, 0.25) is 0 Å². The summed E-state index contributed by atoms with van der Waals surface area (Å²) in [5, 5.41) is 0. The van der Waals surface area contributed by atoms with Gasteiger partial charge in [0.2, 0.25) is 0 Å². The molecule has 0 N–H and O–H groups in total. The van der Waals surface area contributed by atoms with E-state index in [9.17, 15) is 30.7 Å². The molecule has 1 fully saturated rings. The van der Waals surface area contributed by atoms with Gasteiger partial charge >= 0.3 is 12.5 Å². The van der Waals surface area contributed by atoms with Crippen molar-refractivity contribution in [1.82, 2.24) is 0 Å². The van der Waals surface area contributed by atoms with Gasteiger partial charge in [0.05, 0.1) is 5.56 Å². The van der Waals surface area contributed by atoms with Gasteiger partial charge in [-0.05, 0) is 78.1 Å². The van der Waals surface area contributed by atoms with Gasteiger partial charge in [-0.25, -0.2) is 22.0 Å². The van der Waals surface area contributed by atoms with E-state index >= 15 is 8.78 Å². The van der Waals surface area contributed by atoms with Crippen molar-refractivity contribution in [3.05, 3.63) is 77.6 Å². The monoisotopic (exact) mass is 588 g/mol. The van der Waals surface area contributed by atoms with Crippen LogP contribution in [-0.4, -0.2) is 18.5 Å². The lowest BCUT2D eigenvalue weighted by atomic mass is 9.76. The van der Waals surface area contributed by atoms with E-state index in [1.807, 2.05) is 0 Å². The minimum absolute atomic E-state index is 0.0910. The van der Waals surface area contributed by atoms with Crippen LogP contribution in [-0.2, 0) is 6.42 Å². The van der Waals surface area contributed by atoms with Gasteiger partial charge in [-0.15, -0.1) is 0 Å². The summed E-state index contributed by atoms with van der Waals surface area (Å²) < 4.78 is 129. The van der Waals surface area contributed by atoms with E-state index < -0.39 is 59.6 Å². The van der Waals surface area contributed by atoms with Crippen LogP contribution in [0.15, 0.2) is 54.6 Å². The van der Waals surface area contributed by atoms with E-state index in [2.05, 4.69) is 11.7 Å². The minimum Gasteiger partial charge on any atom is -0.425 e. The van der Waals surface area contributed by atoms with Gasteiger partial charge in [0, 0.05) is 12.3 Å². The predicted octanol–water partition coefficient (Wildman–Crippen LogP) is 10.5. The standard InChI is InChI=1S/C31H29F9O/c1-2-3-18-6-11-23(12-7-18)30(37,38)17-19-4-8-20(9-5-19)22-15-25(33)28(26(34)16-22)21-10-13-27(24(32)14-21)41-31(39,40)29(35)36/h4-5,8-10,13-16,18,23,29H,2-3,6-7,11-12,17H2,1H3. The SMILES string of the molecule is CCCC1CCC(C(F)(F)Cc2ccc(-c3cc(F)c(-c4ccc(OC(F)(F)C(F)F)c(F)c4)c(F)c3)cc2)CC1. The number of hydrogen-bond acceptors (Lipinski definition) is 1. The van der Waals surface area contributed by atoms with Crippen LogP contribution in [0.4, 0.5) is 39.5 Å². The second-order valence-electron chi connectivity index (χ2n) is 10.6. The first-order valence-electron chi connectivity index (χ1n) is 13.4. The molecule has 0 saturated heterocycles. The maximum Gasteiger partial charge on any atom is 0.461 e. The van der Waals surface area contributed by atoms with E-state index in [1.54, 1.807) is 0 Å². The third-order valence-electron chi connectivity index (χ3n) is 7.63. The maximum atomic E-state index is 15.0. The predicted molar refractivity (Wildman–Crippen MR) is 138 cm³/mol. The number of halogens is 9. The molecular weight excluding hydrogens is 559 g/mol. The minimum atomic E-state index is -4.96. The Balaban J connectivity index is 1.48. The molecule has 0 aliphatic heterocycles. The molecule has 0 spiro atoms. The van der Waals surface area contributed by atoms with Gasteiger partial charge in [-0.3, -0.25) is 0 Å². The summed E-state index contributed by atoms with van der Waals surface area (Å²) in [5.74, 6) is -8.00. The summed E-state index contributed by atoms with van der Waals surface area (Å²) in [4.78, 5) is 0. The Morgan fingerprint density at radius 3 is 1.85 bits per heavy atom. The van der Waals surface area contributed by atoms with Gasteiger partial charge in [-0.1, -0.05) is 50.1 Å². The van der Waals surface area contributed by atoms with Crippen molar-refractivity contribution in [2.75, 3.05) is 0 Å². The van der Waals surface area contributed by atoms with Crippen molar-refractivity contribution >= 4 is 0 Å². The Morgan fingerprint density at radius 2 is 1.32 bits per heavy atom. The molecule has 1 nitrogen and oxygen atoms in total. The Labute approximate surface area is 232 Å². The molecule has 0 amide bonds. The highest BCUT2D eigenvalue weighted by Gasteiger charge is 2.44. The summed E-state index contributed by atoms with van der Waals surface area (Å²) >= 11 is 0. The number of rotatable bonds is 10. The van der Waals surface area contributed by atoms with Crippen LogP contribution >= 0.6 is 0 Å². The Kier molecular flexibility index (Phi) is 9.29. The van der Waals surface area contributed by atoms with Crippen molar-refractivity contribution in [3.8, 4) is 28.0 Å². The number of hydrogen-bond donors (Lipinski definition) is 0. The summed E-state index contributed by atoms with van der Waals surface area (Å²) in [6.45, 7) is 2.09. The molecule has 0 bridgehead atoms. The third-order valence-corrected chi connectivity index (χ3v) is 7.63. The molecule has 0 radical (unpaired) electrons. The van der Waals surface area contributed by atoms with Crippen LogP contribution in [0.3, 0.4) is 0 Å². The van der Waals surface area contributed by atoms with E-state index in [1.165, 1.54) is 24.3 Å². The van der Waals surface area contributed by atoms with Crippen LogP contribution in [0, 0.1) is 29.3 Å². The van der Waals surface area contributed by atoms with E-state index in [0.29, 0.717) is 42.0 Å². The average Bonchev–Trinajstić information content (AvgIpc) is 2.90. The zero-order chi connectivity index (χ0) is 29.9. The van der Waals surface area contributed by atoms with Gasteiger partial charge in [-0.2, -0.15) is 17.6 Å². The first kappa shape index (κ1) is 30.8. The van der Waals surface area contributed by atoms with Crippen molar-refractivity contribution in [2.24, 2.45) is 11.8 Å². The Morgan fingerprint density at radius 1 is 0.756 bits per heavy atom. The molecule has 10 heteroatoms. The molecule has 0 heterocycles. The Hall–Kier alpha value is -3.17. The van der Waals surface area contributed by atoms with Crippen molar-refractivity contribution < 1.29 is 44.3 Å². The topological polar surface area (TPSA) is 9.23 Å². The van der Waals surface area contributed by atoms with Gasteiger partial charge < -0.3 is 4.74 Å². The normalized spacial score (nSPS) is 18.1. The lowest BCUT2D eigenvalue weighted by Crippen LogP contribution is -2.34. The fraction of sp³-hybridized carbons (Fsp3) is 0.419. The summed E-state index contributed by atoms with van der Waals surface area (Å²) in [6, 6.07) is 9.76. The maximum absolute atomic E-state index is 15.0. The van der Waals surface area contributed by atoms with Gasteiger partial charge in [0.25, 0.3) is 5.92 Å². The lowest BCUT2D eigenvalue weighted by molar-refractivity contribution is -0.254. The highest BCUT2D eigenvalue weighted by Crippen LogP contribution is 2.42. The average molecular weight is 589 g/mol.